The summed E-state index contributed by atoms with van der Waals surface area (Å²) in [6.07, 6.45) is 2.75. The largest absolute Gasteiger partial charge is 0.488 e. The lowest BCUT2D eigenvalue weighted by atomic mass is 9.92. The first kappa shape index (κ1) is 17.4. The molecule has 0 fully saturated rings. The highest BCUT2D eigenvalue weighted by Gasteiger charge is 2.26. The molecule has 1 N–H and O–H groups in total. The summed E-state index contributed by atoms with van der Waals surface area (Å²) in [6, 6.07) is 5.92. The molecule has 0 aliphatic rings. The highest BCUT2D eigenvalue weighted by molar-refractivity contribution is 5.25. The van der Waals surface area contributed by atoms with Gasteiger partial charge in [0.2, 0.25) is 0 Å². The highest BCUT2D eigenvalue weighted by atomic mass is 19.1. The van der Waals surface area contributed by atoms with Gasteiger partial charge in [0.25, 0.3) is 0 Å². The van der Waals surface area contributed by atoms with Crippen molar-refractivity contribution in [2.45, 2.75) is 45.1 Å². The second-order valence-electron chi connectivity index (χ2n) is 4.98. The van der Waals surface area contributed by atoms with Gasteiger partial charge < -0.3 is 4.74 Å². The Morgan fingerprint density at radius 3 is 2.48 bits per heavy atom. The number of para-hydroxylation sites is 1. The lowest BCUT2D eigenvalue weighted by Gasteiger charge is -2.26. The van der Waals surface area contributed by atoms with E-state index in [1.807, 2.05) is 13.8 Å². The van der Waals surface area contributed by atoms with Crippen LogP contribution in [0.4, 0.5) is 8.78 Å². The fourth-order valence-electron chi connectivity index (χ4n) is 2.10. The van der Waals surface area contributed by atoms with Crippen LogP contribution < -0.4 is 10.1 Å². The number of hydrogen-bond acceptors (Lipinski definition) is 3. The molecule has 1 aromatic carbocycles. The minimum absolute atomic E-state index is 0.176. The second-order valence-corrected chi connectivity index (χ2v) is 4.98. The van der Waals surface area contributed by atoms with E-state index < -0.39 is 17.2 Å². The molecule has 0 amide bonds. The van der Waals surface area contributed by atoms with Crippen molar-refractivity contribution in [3.8, 4) is 11.8 Å². The predicted octanol–water partition coefficient (Wildman–Crippen LogP) is 3.80. The standard InChI is InChI=1S/C16H22F2N2O/c1-3-10-20-16(4-2,12-19)9-6-11-21-15-13(17)7-5-8-14(15)18/h5,7-8,20H,3-4,6,9-11H2,1-2H3. The van der Waals surface area contributed by atoms with Crippen LogP contribution in [0.25, 0.3) is 0 Å². The van der Waals surface area contributed by atoms with Gasteiger partial charge >= 0.3 is 0 Å². The van der Waals surface area contributed by atoms with E-state index >= 15 is 0 Å². The molecule has 116 valence electrons. The van der Waals surface area contributed by atoms with Gasteiger partial charge in [-0.2, -0.15) is 5.26 Å². The van der Waals surface area contributed by atoms with Gasteiger partial charge in [-0.15, -0.1) is 0 Å². The Bertz CT molecular complexity index is 467. The smallest absolute Gasteiger partial charge is 0.190 e. The van der Waals surface area contributed by atoms with Crippen molar-refractivity contribution in [2.24, 2.45) is 0 Å². The normalized spacial score (nSPS) is 13.5. The van der Waals surface area contributed by atoms with E-state index in [1.165, 1.54) is 6.07 Å². The van der Waals surface area contributed by atoms with Crippen molar-refractivity contribution in [1.82, 2.24) is 5.32 Å². The summed E-state index contributed by atoms with van der Waals surface area (Å²) in [5.74, 6) is -1.76. The molecule has 1 rings (SSSR count). The van der Waals surface area contributed by atoms with E-state index in [2.05, 4.69) is 11.4 Å². The molecule has 0 heterocycles. The Balaban J connectivity index is 2.50. The molecule has 0 saturated carbocycles. The van der Waals surface area contributed by atoms with Crippen LogP contribution in [0, 0.1) is 23.0 Å². The number of ether oxygens (including phenoxy) is 1. The number of nitrogens with zero attached hydrogens (tertiary/aromatic N) is 1. The van der Waals surface area contributed by atoms with Crippen LogP contribution in [0.5, 0.6) is 5.75 Å². The van der Waals surface area contributed by atoms with Crippen molar-refractivity contribution >= 4 is 0 Å². The van der Waals surface area contributed by atoms with Crippen LogP contribution in [0.1, 0.15) is 39.5 Å². The first-order valence-corrected chi connectivity index (χ1v) is 7.31. The van der Waals surface area contributed by atoms with Crippen LogP contribution in [0.2, 0.25) is 0 Å². The van der Waals surface area contributed by atoms with Crippen molar-refractivity contribution in [3.05, 3.63) is 29.8 Å². The second kappa shape index (κ2) is 8.58. The summed E-state index contributed by atoms with van der Waals surface area (Å²) in [4.78, 5) is 0. The molecule has 0 aromatic heterocycles. The summed E-state index contributed by atoms with van der Waals surface area (Å²) in [5, 5.41) is 12.6. The molecule has 0 radical (unpaired) electrons. The Hall–Kier alpha value is -1.67. The lowest BCUT2D eigenvalue weighted by molar-refractivity contribution is 0.256. The van der Waals surface area contributed by atoms with Crippen molar-refractivity contribution in [2.75, 3.05) is 13.2 Å². The number of rotatable bonds is 9. The van der Waals surface area contributed by atoms with Gasteiger partial charge in [0, 0.05) is 0 Å². The van der Waals surface area contributed by atoms with Gasteiger partial charge in [0.05, 0.1) is 12.7 Å². The maximum absolute atomic E-state index is 13.4. The van der Waals surface area contributed by atoms with Crippen molar-refractivity contribution < 1.29 is 13.5 Å². The Morgan fingerprint density at radius 2 is 1.95 bits per heavy atom. The zero-order valence-electron chi connectivity index (χ0n) is 12.6. The van der Waals surface area contributed by atoms with E-state index in [-0.39, 0.29) is 12.4 Å². The minimum atomic E-state index is -0.707. The highest BCUT2D eigenvalue weighted by Crippen LogP contribution is 2.22. The molecular formula is C16H22F2N2O. The molecule has 0 aliphatic carbocycles. The lowest BCUT2D eigenvalue weighted by Crippen LogP contribution is -2.44. The molecule has 1 atom stereocenters. The van der Waals surface area contributed by atoms with E-state index in [1.54, 1.807) is 0 Å². The maximum Gasteiger partial charge on any atom is 0.190 e. The van der Waals surface area contributed by atoms with Crippen molar-refractivity contribution in [1.29, 1.82) is 5.26 Å². The van der Waals surface area contributed by atoms with Gasteiger partial charge in [-0.3, -0.25) is 5.32 Å². The number of halogens is 2. The van der Waals surface area contributed by atoms with Crippen molar-refractivity contribution in [3.63, 3.8) is 0 Å². The number of nitrogens with one attached hydrogen (secondary N) is 1. The number of benzene rings is 1. The molecular weight excluding hydrogens is 274 g/mol. The van der Waals surface area contributed by atoms with Crippen LogP contribution in [0.3, 0.4) is 0 Å². The third-order valence-electron chi connectivity index (χ3n) is 3.44. The molecule has 0 saturated heterocycles. The third kappa shape index (κ3) is 4.98. The first-order valence-electron chi connectivity index (χ1n) is 7.31. The fourth-order valence-corrected chi connectivity index (χ4v) is 2.10. The Labute approximate surface area is 124 Å². The van der Waals surface area contributed by atoms with E-state index in [0.717, 1.165) is 25.1 Å². The molecule has 0 spiro atoms. The van der Waals surface area contributed by atoms with E-state index in [0.29, 0.717) is 19.3 Å². The van der Waals surface area contributed by atoms with Gasteiger partial charge in [0.15, 0.2) is 17.4 Å². The van der Waals surface area contributed by atoms with E-state index in [9.17, 15) is 14.0 Å². The summed E-state index contributed by atoms with van der Waals surface area (Å²) in [5.41, 5.74) is -0.590. The topological polar surface area (TPSA) is 45.0 Å². The SMILES string of the molecule is CCCNC(C#N)(CC)CCCOc1c(F)cccc1F. The van der Waals surface area contributed by atoms with Gasteiger partial charge in [-0.05, 0) is 44.4 Å². The quantitative estimate of drug-likeness (QED) is 0.705. The average Bonchev–Trinajstić information content (AvgIpc) is 2.49. The molecule has 3 nitrogen and oxygen atoms in total. The molecule has 0 aliphatic heterocycles. The summed E-state index contributed by atoms with van der Waals surface area (Å²) in [7, 11) is 0. The maximum atomic E-state index is 13.4. The average molecular weight is 296 g/mol. The van der Waals surface area contributed by atoms with Crippen LogP contribution >= 0.6 is 0 Å². The Morgan fingerprint density at radius 1 is 1.29 bits per heavy atom. The number of nitriles is 1. The third-order valence-corrected chi connectivity index (χ3v) is 3.44. The summed E-state index contributed by atoms with van der Waals surface area (Å²) >= 11 is 0. The first-order chi connectivity index (χ1) is 10.1. The zero-order chi connectivity index (χ0) is 15.7. The summed E-state index contributed by atoms with van der Waals surface area (Å²) in [6.45, 7) is 4.93. The summed E-state index contributed by atoms with van der Waals surface area (Å²) < 4.78 is 31.9. The Kier molecular flexibility index (Phi) is 7.10. The number of hydrogen-bond donors (Lipinski definition) is 1. The van der Waals surface area contributed by atoms with Crippen LogP contribution in [-0.4, -0.2) is 18.7 Å². The molecule has 5 heteroatoms. The van der Waals surface area contributed by atoms with Gasteiger partial charge in [0.1, 0.15) is 5.54 Å². The van der Waals surface area contributed by atoms with Gasteiger partial charge in [-0.1, -0.05) is 19.9 Å². The van der Waals surface area contributed by atoms with Gasteiger partial charge in [-0.25, -0.2) is 8.78 Å². The van der Waals surface area contributed by atoms with Crippen LogP contribution in [0.15, 0.2) is 18.2 Å². The van der Waals surface area contributed by atoms with E-state index in [4.69, 9.17) is 4.74 Å². The van der Waals surface area contributed by atoms with Crippen LogP contribution in [-0.2, 0) is 0 Å². The minimum Gasteiger partial charge on any atom is -0.488 e. The molecule has 0 bridgehead atoms. The monoisotopic (exact) mass is 296 g/mol. The predicted molar refractivity (Wildman–Crippen MR) is 78.0 cm³/mol. The zero-order valence-corrected chi connectivity index (χ0v) is 12.6. The fraction of sp³-hybridized carbons (Fsp3) is 0.562. The molecule has 21 heavy (non-hydrogen) atoms. The molecule has 1 unspecified atom stereocenters. The molecule has 1 aromatic rings.